The Morgan fingerprint density at radius 2 is 2.20 bits per heavy atom. The van der Waals surface area contributed by atoms with Crippen molar-refractivity contribution in [1.82, 2.24) is 0 Å². The Kier molecular flexibility index (Phi) is 4.55. The molecule has 1 nitrogen and oxygen atoms in total. The second-order valence-electron chi connectivity index (χ2n) is 3.89. The summed E-state index contributed by atoms with van der Waals surface area (Å²) in [5.74, 6) is 0. The van der Waals surface area contributed by atoms with Crippen molar-refractivity contribution >= 4 is 15.9 Å². The minimum absolute atomic E-state index is 0.0479. The summed E-state index contributed by atoms with van der Waals surface area (Å²) in [5.41, 5.74) is 9.75. The molecule has 82 valence electrons. The predicted octanol–water partition coefficient (Wildman–Crippen LogP) is 4.11. The van der Waals surface area contributed by atoms with Gasteiger partial charge < -0.3 is 5.73 Å². The predicted molar refractivity (Wildman–Crippen MR) is 69.9 cm³/mol. The Balaban J connectivity index is 2.86. The highest BCUT2D eigenvalue weighted by atomic mass is 79.9. The van der Waals surface area contributed by atoms with Crippen LogP contribution in [0.5, 0.6) is 0 Å². The molecule has 0 spiro atoms. The van der Waals surface area contributed by atoms with Crippen LogP contribution in [-0.2, 0) is 0 Å². The van der Waals surface area contributed by atoms with Crippen LogP contribution in [0.4, 0.5) is 0 Å². The third-order valence-corrected chi connectivity index (χ3v) is 3.71. The standard InChI is InChI=1S/C13H18BrN/c1-4-9(2)8-12(15)11-7-5-6-10(3)13(11)14/h5-7,12H,2,4,8,15H2,1,3H3. The van der Waals surface area contributed by atoms with E-state index in [1.165, 1.54) is 16.7 Å². The number of rotatable bonds is 4. The minimum Gasteiger partial charge on any atom is -0.324 e. The molecule has 0 aromatic heterocycles. The molecule has 0 aliphatic rings. The molecule has 0 radical (unpaired) electrons. The molecule has 2 heteroatoms. The molecule has 0 aliphatic heterocycles. The highest BCUT2D eigenvalue weighted by Crippen LogP contribution is 2.28. The van der Waals surface area contributed by atoms with Gasteiger partial charge in [-0.05, 0) is 30.9 Å². The fourth-order valence-electron chi connectivity index (χ4n) is 1.52. The summed E-state index contributed by atoms with van der Waals surface area (Å²) in [7, 11) is 0. The summed E-state index contributed by atoms with van der Waals surface area (Å²) in [4.78, 5) is 0. The number of hydrogen-bond donors (Lipinski definition) is 1. The van der Waals surface area contributed by atoms with Crippen molar-refractivity contribution in [2.45, 2.75) is 32.7 Å². The van der Waals surface area contributed by atoms with Crippen LogP contribution in [0.15, 0.2) is 34.8 Å². The van der Waals surface area contributed by atoms with Gasteiger partial charge in [0.1, 0.15) is 0 Å². The summed E-state index contributed by atoms with van der Waals surface area (Å²) in [6.07, 6.45) is 1.86. The van der Waals surface area contributed by atoms with Crippen LogP contribution >= 0.6 is 15.9 Å². The van der Waals surface area contributed by atoms with E-state index < -0.39 is 0 Å². The van der Waals surface area contributed by atoms with Gasteiger partial charge in [-0.1, -0.05) is 53.2 Å². The summed E-state index contributed by atoms with van der Waals surface area (Å²) >= 11 is 3.58. The monoisotopic (exact) mass is 267 g/mol. The van der Waals surface area contributed by atoms with Gasteiger partial charge in [0, 0.05) is 10.5 Å². The van der Waals surface area contributed by atoms with Crippen molar-refractivity contribution in [2.24, 2.45) is 5.73 Å². The normalized spacial score (nSPS) is 12.5. The van der Waals surface area contributed by atoms with Crippen molar-refractivity contribution < 1.29 is 0 Å². The zero-order valence-electron chi connectivity index (χ0n) is 9.39. The lowest BCUT2D eigenvalue weighted by molar-refractivity contribution is 0.697. The Hall–Kier alpha value is -0.600. The van der Waals surface area contributed by atoms with Gasteiger partial charge in [-0.3, -0.25) is 0 Å². The van der Waals surface area contributed by atoms with Crippen molar-refractivity contribution in [3.05, 3.63) is 46.0 Å². The molecule has 0 heterocycles. The summed E-state index contributed by atoms with van der Waals surface area (Å²) in [5, 5.41) is 0. The molecule has 1 aromatic rings. The maximum Gasteiger partial charge on any atom is 0.0343 e. The van der Waals surface area contributed by atoms with Crippen molar-refractivity contribution in [3.8, 4) is 0 Å². The van der Waals surface area contributed by atoms with Crippen LogP contribution < -0.4 is 5.73 Å². The molecule has 1 atom stereocenters. The lowest BCUT2D eigenvalue weighted by Crippen LogP contribution is -2.11. The fraction of sp³-hybridized carbons (Fsp3) is 0.385. The van der Waals surface area contributed by atoms with Crippen LogP contribution in [-0.4, -0.2) is 0 Å². The Labute approximate surface area is 101 Å². The molecule has 0 fully saturated rings. The van der Waals surface area contributed by atoms with E-state index in [2.05, 4.69) is 48.5 Å². The average molecular weight is 268 g/mol. The van der Waals surface area contributed by atoms with Gasteiger partial charge in [0.05, 0.1) is 0 Å². The van der Waals surface area contributed by atoms with Crippen LogP contribution in [0.1, 0.15) is 36.9 Å². The molecular formula is C13H18BrN. The third-order valence-electron chi connectivity index (χ3n) is 2.63. The van der Waals surface area contributed by atoms with Crippen LogP contribution in [0.3, 0.4) is 0 Å². The lowest BCUT2D eigenvalue weighted by atomic mass is 9.98. The second-order valence-corrected chi connectivity index (χ2v) is 4.69. The van der Waals surface area contributed by atoms with Gasteiger partial charge in [-0.25, -0.2) is 0 Å². The van der Waals surface area contributed by atoms with Crippen LogP contribution in [0, 0.1) is 6.92 Å². The van der Waals surface area contributed by atoms with Gasteiger partial charge >= 0.3 is 0 Å². The van der Waals surface area contributed by atoms with E-state index in [9.17, 15) is 0 Å². The zero-order chi connectivity index (χ0) is 11.4. The number of nitrogens with two attached hydrogens (primary N) is 1. The molecular weight excluding hydrogens is 250 g/mol. The highest BCUT2D eigenvalue weighted by molar-refractivity contribution is 9.10. The molecule has 15 heavy (non-hydrogen) atoms. The van der Waals surface area contributed by atoms with E-state index in [-0.39, 0.29) is 6.04 Å². The first kappa shape index (κ1) is 12.5. The maximum absolute atomic E-state index is 6.15. The van der Waals surface area contributed by atoms with Crippen molar-refractivity contribution in [1.29, 1.82) is 0 Å². The van der Waals surface area contributed by atoms with Crippen LogP contribution in [0.2, 0.25) is 0 Å². The van der Waals surface area contributed by atoms with E-state index >= 15 is 0 Å². The van der Waals surface area contributed by atoms with E-state index in [1.54, 1.807) is 0 Å². The first-order chi connectivity index (χ1) is 7.06. The Bertz CT molecular complexity index is 358. The van der Waals surface area contributed by atoms with E-state index in [0.29, 0.717) is 0 Å². The molecule has 1 aromatic carbocycles. The largest absolute Gasteiger partial charge is 0.324 e. The molecule has 0 aliphatic carbocycles. The molecule has 2 N–H and O–H groups in total. The van der Waals surface area contributed by atoms with Crippen LogP contribution in [0.25, 0.3) is 0 Å². The highest BCUT2D eigenvalue weighted by Gasteiger charge is 2.11. The molecule has 1 rings (SSSR count). The summed E-state index contributed by atoms with van der Waals surface area (Å²) < 4.78 is 1.13. The Morgan fingerprint density at radius 3 is 2.80 bits per heavy atom. The molecule has 1 unspecified atom stereocenters. The molecule has 0 saturated carbocycles. The van der Waals surface area contributed by atoms with E-state index in [4.69, 9.17) is 5.73 Å². The lowest BCUT2D eigenvalue weighted by Gasteiger charge is -2.15. The molecule has 0 bridgehead atoms. The minimum atomic E-state index is 0.0479. The van der Waals surface area contributed by atoms with E-state index in [0.717, 1.165) is 17.3 Å². The third kappa shape index (κ3) is 3.18. The van der Waals surface area contributed by atoms with Gasteiger partial charge in [-0.15, -0.1) is 0 Å². The molecule has 0 amide bonds. The number of hydrogen-bond acceptors (Lipinski definition) is 1. The average Bonchev–Trinajstić information content (AvgIpc) is 2.21. The quantitative estimate of drug-likeness (QED) is 0.817. The molecule has 0 saturated heterocycles. The summed E-state index contributed by atoms with van der Waals surface area (Å²) in [6.45, 7) is 8.19. The van der Waals surface area contributed by atoms with Crippen molar-refractivity contribution in [3.63, 3.8) is 0 Å². The first-order valence-electron chi connectivity index (χ1n) is 5.23. The number of aryl methyl sites for hydroxylation is 1. The van der Waals surface area contributed by atoms with Gasteiger partial charge in [-0.2, -0.15) is 0 Å². The maximum atomic E-state index is 6.15. The van der Waals surface area contributed by atoms with E-state index in [1.807, 2.05) is 6.07 Å². The van der Waals surface area contributed by atoms with Gasteiger partial charge in [0.2, 0.25) is 0 Å². The van der Waals surface area contributed by atoms with Gasteiger partial charge in [0.15, 0.2) is 0 Å². The summed E-state index contributed by atoms with van der Waals surface area (Å²) in [6, 6.07) is 6.25. The smallest absolute Gasteiger partial charge is 0.0343 e. The zero-order valence-corrected chi connectivity index (χ0v) is 11.0. The first-order valence-corrected chi connectivity index (χ1v) is 6.02. The topological polar surface area (TPSA) is 26.0 Å². The van der Waals surface area contributed by atoms with Crippen molar-refractivity contribution in [2.75, 3.05) is 0 Å². The fourth-order valence-corrected chi connectivity index (χ4v) is 2.08. The number of halogens is 1. The number of benzene rings is 1. The van der Waals surface area contributed by atoms with Gasteiger partial charge in [0.25, 0.3) is 0 Å². The second kappa shape index (κ2) is 5.47. The Morgan fingerprint density at radius 1 is 1.53 bits per heavy atom. The SMILES string of the molecule is C=C(CC)CC(N)c1cccc(C)c1Br.